The van der Waals surface area contributed by atoms with E-state index >= 15 is 0 Å². The molecular weight excluding hydrogens is 965 g/mol. The lowest BCUT2D eigenvalue weighted by Crippen LogP contribution is -2.66. The van der Waals surface area contributed by atoms with Gasteiger partial charge in [-0.15, -0.1) is 0 Å². The molecule has 3 saturated carbocycles. The Labute approximate surface area is 424 Å². The Hall–Kier alpha value is -1.85. The van der Waals surface area contributed by atoms with Gasteiger partial charge >= 0.3 is 0 Å². The summed E-state index contributed by atoms with van der Waals surface area (Å²) < 4.78 is 54.2. The van der Waals surface area contributed by atoms with Crippen molar-refractivity contribution in [1.82, 2.24) is 0 Å². The monoisotopic (exact) mass is 1040 g/mol. The molecule has 22 nitrogen and oxygen atoms in total. The van der Waals surface area contributed by atoms with Crippen molar-refractivity contribution in [3.63, 3.8) is 0 Å². The van der Waals surface area contributed by atoms with E-state index in [-0.39, 0.29) is 54.5 Å². The van der Waals surface area contributed by atoms with Crippen molar-refractivity contribution in [2.45, 2.75) is 228 Å². The van der Waals surface area contributed by atoms with E-state index in [1.165, 1.54) is 19.4 Å². The number of allylic oxidation sites excluding steroid dienone is 2. The van der Waals surface area contributed by atoms with Crippen molar-refractivity contribution in [1.29, 1.82) is 0 Å². The third kappa shape index (κ3) is 10.0. The maximum Gasteiger partial charge on any atom is 0.187 e. The van der Waals surface area contributed by atoms with E-state index in [1.54, 1.807) is 0 Å². The van der Waals surface area contributed by atoms with Gasteiger partial charge in [-0.25, -0.2) is 0 Å². The standard InChI is InChI=1S/C51H80O22/c1-19(18-65-46-40(61)39(60)36(57)31(16-52)70-46)7-10-28-20(2)33-30(68-28)14-26-24-9-8-23-13-29(27(54)15-51(23,6)25(24)11-12-50(26,33)5)69-49-45(73-48-42(63)38(59)35(56)22(4)67-48)43(64)44(32(17-53)71-49)72-47-41(62)37(58)34(55)21(3)66-47/h8,19,21-22,24-26,29-49,52-53,55-64H,7,9-18H2,1-6H3. The van der Waals surface area contributed by atoms with Gasteiger partial charge in [0.1, 0.15) is 97.7 Å². The molecule has 4 aliphatic carbocycles. The van der Waals surface area contributed by atoms with Gasteiger partial charge in [-0.05, 0) is 93.0 Å². The van der Waals surface area contributed by atoms with Gasteiger partial charge in [0.05, 0.1) is 37.8 Å². The number of rotatable bonds is 14. The van der Waals surface area contributed by atoms with E-state index < -0.39 is 148 Å². The Balaban J connectivity index is 0.865. The summed E-state index contributed by atoms with van der Waals surface area (Å²) in [6.07, 6.45) is -23.3. The number of Topliss-reactive ketones (excluding diaryl/α,β-unsaturated/α-hetero) is 1. The zero-order valence-electron chi connectivity index (χ0n) is 42.4. The van der Waals surface area contributed by atoms with E-state index in [0.717, 1.165) is 43.4 Å². The lowest BCUT2D eigenvalue weighted by atomic mass is 9.47. The number of carbonyl (C=O) groups excluding carboxylic acids is 1. The molecule has 9 aliphatic rings. The molecule has 9 rings (SSSR count). The molecule has 29 unspecified atom stereocenters. The average Bonchev–Trinajstić information content (AvgIpc) is 3.85. The molecule has 0 bridgehead atoms. The van der Waals surface area contributed by atoms with Crippen LogP contribution in [0.15, 0.2) is 23.0 Å². The molecule has 5 aliphatic heterocycles. The first-order chi connectivity index (χ1) is 34.5. The van der Waals surface area contributed by atoms with Crippen LogP contribution in [0.1, 0.15) is 92.9 Å². The first-order valence-corrected chi connectivity index (χ1v) is 26.3. The summed E-state index contributed by atoms with van der Waals surface area (Å²) >= 11 is 0. The molecule has 0 aromatic heterocycles. The highest BCUT2D eigenvalue weighted by Gasteiger charge is 2.65. The largest absolute Gasteiger partial charge is 0.494 e. The van der Waals surface area contributed by atoms with Crippen LogP contribution in [0.25, 0.3) is 0 Å². The van der Waals surface area contributed by atoms with Crippen LogP contribution in [0, 0.1) is 40.4 Å². The number of hydrogen-bond acceptors (Lipinski definition) is 22. The number of ketones is 1. The quantitative estimate of drug-likeness (QED) is 0.0850. The number of ether oxygens (including phenoxy) is 9. The van der Waals surface area contributed by atoms with Crippen LogP contribution < -0.4 is 0 Å². The second-order valence-corrected chi connectivity index (χ2v) is 23.2. The van der Waals surface area contributed by atoms with Crippen molar-refractivity contribution in [3.05, 3.63) is 23.0 Å². The third-order valence-electron chi connectivity index (χ3n) is 18.7. The fourth-order valence-electron chi connectivity index (χ4n) is 14.3. The second kappa shape index (κ2) is 21.8. The molecule has 0 amide bonds. The van der Waals surface area contributed by atoms with E-state index in [4.69, 9.17) is 42.6 Å². The minimum Gasteiger partial charge on any atom is -0.494 e. The van der Waals surface area contributed by atoms with E-state index in [0.29, 0.717) is 18.3 Å². The van der Waals surface area contributed by atoms with Gasteiger partial charge in [-0.2, -0.15) is 0 Å². The van der Waals surface area contributed by atoms with Crippen molar-refractivity contribution in [2.75, 3.05) is 19.8 Å². The predicted molar refractivity (Wildman–Crippen MR) is 248 cm³/mol. The summed E-state index contributed by atoms with van der Waals surface area (Å²) in [5.74, 6) is 1.93. The molecular formula is C51H80O22. The molecule has 29 atom stereocenters. The fraction of sp³-hybridized carbons (Fsp3) is 0.902. The zero-order valence-corrected chi connectivity index (χ0v) is 42.4. The van der Waals surface area contributed by atoms with E-state index in [9.17, 15) is 66.1 Å². The van der Waals surface area contributed by atoms with Crippen LogP contribution in [0.5, 0.6) is 0 Å². The minimum atomic E-state index is -1.81. The van der Waals surface area contributed by atoms with Gasteiger partial charge in [0.25, 0.3) is 0 Å². The molecule has 0 aromatic rings. The van der Waals surface area contributed by atoms with Gasteiger partial charge in [-0.3, -0.25) is 4.79 Å². The van der Waals surface area contributed by atoms with E-state index in [2.05, 4.69) is 26.8 Å². The maximum atomic E-state index is 14.5. The Morgan fingerprint density at radius 3 is 1.92 bits per heavy atom. The van der Waals surface area contributed by atoms with Crippen LogP contribution in [0.2, 0.25) is 0 Å². The minimum absolute atomic E-state index is 0.0252. The Morgan fingerprint density at radius 2 is 1.29 bits per heavy atom. The summed E-state index contributed by atoms with van der Waals surface area (Å²) in [5.41, 5.74) is 1.84. The Morgan fingerprint density at radius 1 is 0.699 bits per heavy atom. The molecule has 5 heterocycles. The van der Waals surface area contributed by atoms with Gasteiger partial charge < -0.3 is 104 Å². The molecule has 12 N–H and O–H groups in total. The summed E-state index contributed by atoms with van der Waals surface area (Å²) in [6.45, 7) is 10.6. The number of hydrogen-bond donors (Lipinski definition) is 12. The van der Waals surface area contributed by atoms with Crippen molar-refractivity contribution in [2.24, 2.45) is 40.4 Å². The average molecular weight is 1050 g/mol. The van der Waals surface area contributed by atoms with Crippen LogP contribution in [-0.2, 0) is 47.4 Å². The third-order valence-corrected chi connectivity index (χ3v) is 18.7. The normalized spacial score (nSPS) is 52.4. The number of carbonyl (C=O) groups is 1. The van der Waals surface area contributed by atoms with Crippen LogP contribution >= 0.6 is 0 Å². The summed E-state index contributed by atoms with van der Waals surface area (Å²) in [4.78, 5) is 14.5. The Bertz CT molecular complexity index is 2010. The van der Waals surface area contributed by atoms with Gasteiger partial charge in [0.15, 0.2) is 30.9 Å². The molecule has 0 aromatic carbocycles. The Kier molecular flexibility index (Phi) is 16.7. The summed E-state index contributed by atoms with van der Waals surface area (Å²) in [7, 11) is 0. The first-order valence-electron chi connectivity index (χ1n) is 26.3. The summed E-state index contributed by atoms with van der Waals surface area (Å²) in [5, 5.41) is 126. The highest BCUT2D eigenvalue weighted by atomic mass is 16.8. The van der Waals surface area contributed by atoms with Crippen LogP contribution in [0.3, 0.4) is 0 Å². The van der Waals surface area contributed by atoms with Crippen LogP contribution in [0.4, 0.5) is 0 Å². The van der Waals surface area contributed by atoms with Gasteiger partial charge in [0, 0.05) is 25.2 Å². The lowest BCUT2D eigenvalue weighted by Gasteiger charge is -2.57. The molecule has 4 saturated heterocycles. The molecule has 22 heteroatoms. The van der Waals surface area contributed by atoms with Gasteiger partial charge in [-0.1, -0.05) is 32.4 Å². The highest BCUT2D eigenvalue weighted by Crippen LogP contribution is 2.69. The maximum absolute atomic E-state index is 14.5. The molecule has 0 spiro atoms. The zero-order chi connectivity index (χ0) is 52.7. The summed E-state index contributed by atoms with van der Waals surface area (Å²) in [6, 6.07) is 0. The number of aliphatic hydroxyl groups excluding tert-OH is 12. The lowest BCUT2D eigenvalue weighted by molar-refractivity contribution is -0.387. The van der Waals surface area contributed by atoms with E-state index in [1.807, 2.05) is 6.92 Å². The predicted octanol–water partition coefficient (Wildman–Crippen LogP) is -1.85. The van der Waals surface area contributed by atoms with Crippen molar-refractivity contribution >= 4 is 5.78 Å². The molecule has 416 valence electrons. The molecule has 0 radical (unpaired) electrons. The second-order valence-electron chi connectivity index (χ2n) is 23.2. The molecule has 73 heavy (non-hydrogen) atoms. The smallest absolute Gasteiger partial charge is 0.187 e. The highest BCUT2D eigenvalue weighted by molar-refractivity contribution is 5.86. The van der Waals surface area contributed by atoms with Crippen molar-refractivity contribution in [3.8, 4) is 0 Å². The van der Waals surface area contributed by atoms with Gasteiger partial charge in [0.2, 0.25) is 0 Å². The van der Waals surface area contributed by atoms with Crippen LogP contribution in [-0.4, -0.2) is 222 Å². The SMILES string of the molecule is CC1=C(CCC(C)COC2OC(CO)C(O)C(O)C2O)OC2CC3C4CC=C5CC(OC6OC(CO)C(OC7OC(C)C(O)C(O)C7O)C(O)C6OC6OC(C)C(O)C(O)C6O)C(=O)CC5(C)C4CCC3(C)C12. The number of aliphatic hydroxyl groups is 12. The fourth-order valence-corrected chi connectivity index (χ4v) is 14.3. The molecule has 7 fully saturated rings. The first kappa shape index (κ1) is 55.9. The topological polar surface area (TPSA) is 343 Å². The number of fused-ring (bicyclic) bond motifs is 7. The van der Waals surface area contributed by atoms with Crippen molar-refractivity contribution < 1.29 is 109 Å².